The maximum Gasteiger partial charge on any atom is 0.238 e. The van der Waals surface area contributed by atoms with Gasteiger partial charge in [-0.25, -0.2) is 0 Å². The summed E-state index contributed by atoms with van der Waals surface area (Å²) >= 11 is 0. The van der Waals surface area contributed by atoms with Crippen molar-refractivity contribution in [1.29, 1.82) is 0 Å². The van der Waals surface area contributed by atoms with Crippen LogP contribution in [0.5, 0.6) is 0 Å². The van der Waals surface area contributed by atoms with Crippen LogP contribution in [0.25, 0.3) is 11.4 Å². The van der Waals surface area contributed by atoms with Crippen molar-refractivity contribution in [1.82, 2.24) is 25.1 Å². The quantitative estimate of drug-likeness (QED) is 0.492. The molecule has 1 amide bonds. The van der Waals surface area contributed by atoms with Gasteiger partial charge in [-0.2, -0.15) is 4.80 Å². The zero-order chi connectivity index (χ0) is 21.2. The number of para-hydroxylation sites is 1. The Hall–Kier alpha value is -3.06. The van der Waals surface area contributed by atoms with Crippen molar-refractivity contribution in [2.75, 3.05) is 25.5 Å². The van der Waals surface area contributed by atoms with Gasteiger partial charge in [-0.15, -0.1) is 10.2 Å². The first-order valence-electron chi connectivity index (χ1n) is 10.5. The first kappa shape index (κ1) is 21.6. The van der Waals surface area contributed by atoms with E-state index in [1.807, 2.05) is 61.6 Å². The smallest absolute Gasteiger partial charge is 0.238 e. The predicted molar refractivity (Wildman–Crippen MR) is 119 cm³/mol. The largest absolute Gasteiger partial charge is 0.325 e. The van der Waals surface area contributed by atoms with Crippen LogP contribution in [-0.4, -0.2) is 51.2 Å². The molecule has 30 heavy (non-hydrogen) atoms. The molecular weight excluding hydrogens is 376 g/mol. The molecule has 158 valence electrons. The van der Waals surface area contributed by atoms with Crippen LogP contribution in [0.3, 0.4) is 0 Å². The third-order valence-corrected chi connectivity index (χ3v) is 4.97. The van der Waals surface area contributed by atoms with Crippen LogP contribution in [0.1, 0.15) is 31.7 Å². The van der Waals surface area contributed by atoms with Crippen molar-refractivity contribution < 1.29 is 4.79 Å². The Morgan fingerprint density at radius 2 is 1.80 bits per heavy atom. The minimum absolute atomic E-state index is 0.0265. The summed E-state index contributed by atoms with van der Waals surface area (Å²) in [6, 6.07) is 17.8. The molecule has 0 aliphatic rings. The topological polar surface area (TPSA) is 75.9 Å². The van der Waals surface area contributed by atoms with E-state index in [0.29, 0.717) is 12.4 Å². The molecule has 0 saturated heterocycles. The first-order valence-corrected chi connectivity index (χ1v) is 10.5. The normalized spacial score (nSPS) is 11.0. The van der Waals surface area contributed by atoms with Gasteiger partial charge in [0, 0.05) is 11.3 Å². The molecule has 0 aliphatic heterocycles. The summed E-state index contributed by atoms with van der Waals surface area (Å²) in [5.74, 6) is 0.685. The zero-order valence-electron chi connectivity index (χ0n) is 17.8. The molecule has 2 aromatic carbocycles. The number of carbonyl (C=O) groups excluding carboxylic acids is 1. The Labute approximate surface area is 178 Å². The van der Waals surface area contributed by atoms with Crippen molar-refractivity contribution in [3.63, 3.8) is 0 Å². The number of aryl methyl sites for hydroxylation is 2. The highest BCUT2D eigenvalue weighted by molar-refractivity contribution is 5.92. The van der Waals surface area contributed by atoms with Crippen molar-refractivity contribution in [3.05, 3.63) is 60.2 Å². The summed E-state index contributed by atoms with van der Waals surface area (Å²) < 4.78 is 0. The molecular formula is C23H30N6O. The number of amides is 1. The standard InChI is InChI=1S/C23H30N6O/c1-3-19-12-8-9-15-21(19)24-22(30)18-28(2)16-10-5-11-17-29-26-23(25-27-29)20-13-6-4-7-14-20/h4,6-9,12-15H,3,5,10-11,16-18H2,1-2H3,(H,24,30). The summed E-state index contributed by atoms with van der Waals surface area (Å²) in [6.07, 6.45) is 3.96. The Morgan fingerprint density at radius 1 is 1.03 bits per heavy atom. The van der Waals surface area contributed by atoms with Gasteiger partial charge in [-0.05, 0) is 49.7 Å². The van der Waals surface area contributed by atoms with Gasteiger partial charge in [0.05, 0.1) is 13.1 Å². The monoisotopic (exact) mass is 406 g/mol. The minimum Gasteiger partial charge on any atom is -0.325 e. The van der Waals surface area contributed by atoms with Crippen LogP contribution in [0.2, 0.25) is 0 Å². The SMILES string of the molecule is CCc1ccccc1NC(=O)CN(C)CCCCCn1nnc(-c2ccccc2)n1. The van der Waals surface area contributed by atoms with Crippen LogP contribution in [-0.2, 0) is 17.8 Å². The second-order valence-corrected chi connectivity index (χ2v) is 7.43. The fourth-order valence-electron chi connectivity index (χ4n) is 3.32. The van der Waals surface area contributed by atoms with E-state index < -0.39 is 0 Å². The van der Waals surface area contributed by atoms with E-state index in [9.17, 15) is 4.79 Å². The Morgan fingerprint density at radius 3 is 2.60 bits per heavy atom. The maximum atomic E-state index is 12.3. The first-order chi connectivity index (χ1) is 14.7. The van der Waals surface area contributed by atoms with E-state index in [1.54, 1.807) is 4.80 Å². The second kappa shape index (κ2) is 11.2. The molecule has 0 aliphatic carbocycles. The van der Waals surface area contributed by atoms with Gasteiger partial charge in [-0.1, -0.05) is 61.9 Å². The van der Waals surface area contributed by atoms with E-state index in [2.05, 4.69) is 32.6 Å². The molecule has 0 radical (unpaired) electrons. The Bertz CT molecular complexity index is 924. The number of likely N-dealkylation sites (N-methyl/N-ethyl adjacent to an activating group) is 1. The molecule has 1 aromatic heterocycles. The lowest BCUT2D eigenvalue weighted by Gasteiger charge is -2.17. The van der Waals surface area contributed by atoms with E-state index >= 15 is 0 Å². The third-order valence-electron chi connectivity index (χ3n) is 4.97. The molecule has 0 bridgehead atoms. The lowest BCUT2D eigenvalue weighted by molar-refractivity contribution is -0.117. The lowest BCUT2D eigenvalue weighted by atomic mass is 10.1. The number of rotatable bonds is 11. The second-order valence-electron chi connectivity index (χ2n) is 7.43. The fourth-order valence-corrected chi connectivity index (χ4v) is 3.32. The summed E-state index contributed by atoms with van der Waals surface area (Å²) in [5.41, 5.74) is 3.05. The van der Waals surface area contributed by atoms with Gasteiger partial charge in [0.25, 0.3) is 0 Å². The minimum atomic E-state index is 0.0265. The van der Waals surface area contributed by atoms with Crippen molar-refractivity contribution in [2.45, 2.75) is 39.2 Å². The van der Waals surface area contributed by atoms with E-state index in [-0.39, 0.29) is 5.91 Å². The molecule has 1 heterocycles. The molecule has 1 N–H and O–H groups in total. The highest BCUT2D eigenvalue weighted by Gasteiger charge is 2.09. The van der Waals surface area contributed by atoms with Crippen LogP contribution in [0, 0.1) is 0 Å². The molecule has 0 spiro atoms. The van der Waals surface area contributed by atoms with Gasteiger partial charge in [0.1, 0.15) is 0 Å². The fraction of sp³-hybridized carbons (Fsp3) is 0.391. The number of carbonyl (C=O) groups is 1. The van der Waals surface area contributed by atoms with Crippen LogP contribution in [0.4, 0.5) is 5.69 Å². The molecule has 0 saturated carbocycles. The summed E-state index contributed by atoms with van der Waals surface area (Å²) in [6.45, 7) is 4.11. The number of nitrogens with zero attached hydrogens (tertiary/aromatic N) is 5. The molecule has 7 nitrogen and oxygen atoms in total. The molecule has 3 aromatic rings. The number of anilines is 1. The third kappa shape index (κ3) is 6.49. The van der Waals surface area contributed by atoms with Gasteiger partial charge in [0.15, 0.2) is 0 Å². The van der Waals surface area contributed by atoms with Crippen molar-refractivity contribution in [2.24, 2.45) is 0 Å². The maximum absolute atomic E-state index is 12.3. The molecule has 0 atom stereocenters. The van der Waals surface area contributed by atoms with Gasteiger partial charge in [0.2, 0.25) is 11.7 Å². The number of tetrazole rings is 1. The number of benzene rings is 2. The molecule has 0 fully saturated rings. The van der Waals surface area contributed by atoms with Crippen LogP contribution < -0.4 is 5.32 Å². The number of hydrogen-bond donors (Lipinski definition) is 1. The number of nitrogens with one attached hydrogen (secondary N) is 1. The lowest BCUT2D eigenvalue weighted by Crippen LogP contribution is -2.31. The van der Waals surface area contributed by atoms with E-state index in [0.717, 1.165) is 55.6 Å². The Kier molecular flexibility index (Phi) is 8.09. The van der Waals surface area contributed by atoms with Crippen molar-refractivity contribution >= 4 is 11.6 Å². The van der Waals surface area contributed by atoms with E-state index in [1.165, 1.54) is 0 Å². The van der Waals surface area contributed by atoms with Gasteiger partial charge < -0.3 is 5.32 Å². The van der Waals surface area contributed by atoms with Gasteiger partial charge in [-0.3, -0.25) is 9.69 Å². The Balaban J connectivity index is 1.33. The zero-order valence-corrected chi connectivity index (χ0v) is 17.8. The highest BCUT2D eigenvalue weighted by Crippen LogP contribution is 2.15. The molecule has 7 heteroatoms. The van der Waals surface area contributed by atoms with Crippen molar-refractivity contribution in [3.8, 4) is 11.4 Å². The van der Waals surface area contributed by atoms with Crippen LogP contribution >= 0.6 is 0 Å². The summed E-state index contributed by atoms with van der Waals surface area (Å²) in [7, 11) is 1.98. The molecule has 3 rings (SSSR count). The summed E-state index contributed by atoms with van der Waals surface area (Å²) in [5, 5.41) is 15.7. The number of aromatic nitrogens is 4. The highest BCUT2D eigenvalue weighted by atomic mass is 16.2. The molecule has 0 unspecified atom stereocenters. The van der Waals surface area contributed by atoms with E-state index in [4.69, 9.17) is 0 Å². The average Bonchev–Trinajstić information content (AvgIpc) is 3.23. The number of hydrogen-bond acceptors (Lipinski definition) is 5. The van der Waals surface area contributed by atoms with Gasteiger partial charge >= 0.3 is 0 Å². The van der Waals surface area contributed by atoms with Crippen LogP contribution in [0.15, 0.2) is 54.6 Å². The predicted octanol–water partition coefficient (Wildman–Crippen LogP) is 3.64. The number of unbranched alkanes of at least 4 members (excludes halogenated alkanes) is 2. The average molecular weight is 407 g/mol. The summed E-state index contributed by atoms with van der Waals surface area (Å²) in [4.78, 5) is 16.0.